The maximum absolute atomic E-state index is 11.2. The van der Waals surface area contributed by atoms with Gasteiger partial charge in [-0.2, -0.15) is 0 Å². The van der Waals surface area contributed by atoms with E-state index in [1.54, 1.807) is 13.8 Å². The van der Waals surface area contributed by atoms with Crippen molar-refractivity contribution in [2.24, 2.45) is 0 Å². The fourth-order valence-electron chi connectivity index (χ4n) is 0.696. The number of esters is 1. The molecular formula is C9H13IO3. The minimum Gasteiger partial charge on any atom is -0.463 e. The van der Waals surface area contributed by atoms with Crippen LogP contribution >= 0.6 is 22.6 Å². The van der Waals surface area contributed by atoms with E-state index in [-0.39, 0.29) is 5.57 Å². The first-order chi connectivity index (χ1) is 6.04. The number of aliphatic hydroxyl groups is 1. The second-order valence-corrected chi connectivity index (χ2v) is 3.16. The second-order valence-electron chi connectivity index (χ2n) is 2.53. The quantitative estimate of drug-likeness (QED) is 0.372. The smallest absolute Gasteiger partial charge is 0.337 e. The fourth-order valence-corrected chi connectivity index (χ4v) is 1.29. The molecule has 0 amide bonds. The van der Waals surface area contributed by atoms with Crippen LogP contribution in [0.2, 0.25) is 0 Å². The van der Waals surface area contributed by atoms with Crippen LogP contribution < -0.4 is 0 Å². The van der Waals surface area contributed by atoms with Crippen molar-refractivity contribution in [3.63, 3.8) is 0 Å². The molecule has 0 radical (unpaired) electrons. The van der Waals surface area contributed by atoms with Gasteiger partial charge in [-0.15, -0.1) is 0 Å². The maximum atomic E-state index is 11.2. The third kappa shape index (κ3) is 3.91. The van der Waals surface area contributed by atoms with Gasteiger partial charge in [0.05, 0.1) is 12.2 Å². The Bertz CT molecular complexity index is 233. The molecule has 13 heavy (non-hydrogen) atoms. The summed E-state index contributed by atoms with van der Waals surface area (Å²) in [5.41, 5.74) is 0.755. The van der Waals surface area contributed by atoms with Gasteiger partial charge in [-0.3, -0.25) is 0 Å². The predicted octanol–water partition coefficient (Wildman–Crippen LogP) is 1.81. The monoisotopic (exact) mass is 296 g/mol. The number of rotatable bonds is 4. The SMILES string of the molecule is C=C(C)[C@H](O)/C(=C/I)C(=O)OCC. The van der Waals surface area contributed by atoms with Gasteiger partial charge in [-0.25, -0.2) is 4.79 Å². The molecule has 1 N–H and O–H groups in total. The molecular weight excluding hydrogens is 283 g/mol. The standard InChI is InChI=1S/C9H13IO3/c1-4-13-9(12)7(5-10)8(11)6(2)3/h5,8,11H,2,4H2,1,3H3/b7-5-/t8-/m0/s1. The van der Waals surface area contributed by atoms with Crippen LogP contribution in [-0.4, -0.2) is 23.8 Å². The second kappa shape index (κ2) is 6.15. The molecule has 0 heterocycles. The first-order valence-corrected chi connectivity index (χ1v) is 5.10. The Morgan fingerprint density at radius 2 is 2.31 bits per heavy atom. The van der Waals surface area contributed by atoms with Crippen LogP contribution in [0.25, 0.3) is 0 Å². The van der Waals surface area contributed by atoms with E-state index in [2.05, 4.69) is 6.58 Å². The van der Waals surface area contributed by atoms with E-state index in [4.69, 9.17) is 4.74 Å². The van der Waals surface area contributed by atoms with E-state index in [1.165, 1.54) is 4.08 Å². The van der Waals surface area contributed by atoms with Crippen molar-refractivity contribution in [3.8, 4) is 0 Å². The van der Waals surface area contributed by atoms with Gasteiger partial charge in [0, 0.05) is 0 Å². The van der Waals surface area contributed by atoms with E-state index < -0.39 is 12.1 Å². The first kappa shape index (κ1) is 12.6. The molecule has 0 saturated heterocycles. The van der Waals surface area contributed by atoms with E-state index in [9.17, 15) is 9.90 Å². The summed E-state index contributed by atoms with van der Waals surface area (Å²) in [4.78, 5) is 11.2. The first-order valence-electron chi connectivity index (χ1n) is 3.85. The molecule has 0 fully saturated rings. The van der Waals surface area contributed by atoms with Crippen LogP contribution in [0, 0.1) is 0 Å². The summed E-state index contributed by atoms with van der Waals surface area (Å²) >= 11 is 1.89. The summed E-state index contributed by atoms with van der Waals surface area (Å²) in [7, 11) is 0. The zero-order chi connectivity index (χ0) is 10.4. The molecule has 0 saturated carbocycles. The molecule has 0 bridgehead atoms. The maximum Gasteiger partial charge on any atom is 0.337 e. The van der Waals surface area contributed by atoms with Crippen LogP contribution in [0.3, 0.4) is 0 Å². The van der Waals surface area contributed by atoms with E-state index in [1.807, 2.05) is 22.6 Å². The molecule has 74 valence electrons. The number of ether oxygens (including phenoxy) is 1. The van der Waals surface area contributed by atoms with Crippen LogP contribution in [0.4, 0.5) is 0 Å². The molecule has 0 rings (SSSR count). The number of aliphatic hydroxyl groups excluding tert-OH is 1. The molecule has 0 aromatic carbocycles. The highest BCUT2D eigenvalue weighted by molar-refractivity contribution is 14.1. The van der Waals surface area contributed by atoms with Gasteiger partial charge < -0.3 is 9.84 Å². The Morgan fingerprint density at radius 1 is 1.77 bits per heavy atom. The Morgan fingerprint density at radius 3 is 2.62 bits per heavy atom. The van der Waals surface area contributed by atoms with Crippen molar-refractivity contribution in [1.29, 1.82) is 0 Å². The molecule has 0 spiro atoms. The van der Waals surface area contributed by atoms with Gasteiger partial charge >= 0.3 is 5.97 Å². The highest BCUT2D eigenvalue weighted by atomic mass is 127. The molecule has 1 atom stereocenters. The van der Waals surface area contributed by atoms with Crippen molar-refractivity contribution in [1.82, 2.24) is 0 Å². The largest absolute Gasteiger partial charge is 0.463 e. The Labute approximate surface area is 91.6 Å². The molecule has 4 heteroatoms. The molecule has 0 aliphatic carbocycles. The van der Waals surface area contributed by atoms with E-state index in [0.29, 0.717) is 12.2 Å². The summed E-state index contributed by atoms with van der Waals surface area (Å²) in [6, 6.07) is 0. The Kier molecular flexibility index (Phi) is 5.98. The number of carbonyl (C=O) groups is 1. The highest BCUT2D eigenvalue weighted by Crippen LogP contribution is 2.13. The van der Waals surface area contributed by atoms with E-state index in [0.717, 1.165) is 0 Å². The minimum atomic E-state index is -0.934. The summed E-state index contributed by atoms with van der Waals surface area (Å²) in [6.45, 7) is 7.24. The summed E-state index contributed by atoms with van der Waals surface area (Å²) < 4.78 is 6.26. The lowest BCUT2D eigenvalue weighted by atomic mass is 10.1. The highest BCUT2D eigenvalue weighted by Gasteiger charge is 2.19. The van der Waals surface area contributed by atoms with Gasteiger partial charge in [0.25, 0.3) is 0 Å². The summed E-state index contributed by atoms with van der Waals surface area (Å²) in [5, 5.41) is 9.51. The third-order valence-corrected chi connectivity index (χ3v) is 2.06. The molecule has 0 aromatic heterocycles. The van der Waals surface area contributed by atoms with E-state index >= 15 is 0 Å². The van der Waals surface area contributed by atoms with Gasteiger partial charge in [0.1, 0.15) is 6.10 Å². The van der Waals surface area contributed by atoms with Crippen molar-refractivity contribution in [3.05, 3.63) is 21.8 Å². The zero-order valence-electron chi connectivity index (χ0n) is 7.71. The molecule has 0 unspecified atom stereocenters. The Hall–Kier alpha value is -0.360. The number of hydrogen-bond acceptors (Lipinski definition) is 3. The van der Waals surface area contributed by atoms with Gasteiger partial charge in [-0.05, 0) is 23.5 Å². The van der Waals surface area contributed by atoms with Gasteiger partial charge in [-0.1, -0.05) is 29.2 Å². The van der Waals surface area contributed by atoms with Crippen molar-refractivity contribution < 1.29 is 14.6 Å². The Balaban J connectivity index is 4.53. The van der Waals surface area contributed by atoms with Crippen LogP contribution in [0.15, 0.2) is 21.8 Å². The summed E-state index contributed by atoms with van der Waals surface area (Å²) in [6.07, 6.45) is -0.934. The van der Waals surface area contributed by atoms with Gasteiger partial charge in [0.2, 0.25) is 0 Å². The summed E-state index contributed by atoms with van der Waals surface area (Å²) in [5.74, 6) is -0.493. The molecule has 0 aromatic rings. The number of carbonyl (C=O) groups excluding carboxylic acids is 1. The van der Waals surface area contributed by atoms with Gasteiger partial charge in [0.15, 0.2) is 0 Å². The van der Waals surface area contributed by atoms with Crippen molar-refractivity contribution in [2.45, 2.75) is 20.0 Å². The lowest BCUT2D eigenvalue weighted by Crippen LogP contribution is -2.20. The van der Waals surface area contributed by atoms with Crippen molar-refractivity contribution in [2.75, 3.05) is 6.61 Å². The average molecular weight is 296 g/mol. The minimum absolute atomic E-state index is 0.231. The molecule has 0 aliphatic heterocycles. The van der Waals surface area contributed by atoms with Crippen molar-refractivity contribution >= 4 is 28.6 Å². The zero-order valence-corrected chi connectivity index (χ0v) is 9.87. The van der Waals surface area contributed by atoms with Crippen LogP contribution in [0.5, 0.6) is 0 Å². The fraction of sp³-hybridized carbons (Fsp3) is 0.444. The average Bonchev–Trinajstić information content (AvgIpc) is 2.05. The number of halogens is 1. The molecule has 3 nitrogen and oxygen atoms in total. The molecule has 0 aliphatic rings. The lowest BCUT2D eigenvalue weighted by molar-refractivity contribution is -0.139. The third-order valence-electron chi connectivity index (χ3n) is 1.39. The normalized spacial score (nSPS) is 13.7. The lowest BCUT2D eigenvalue weighted by Gasteiger charge is -2.12. The van der Waals surface area contributed by atoms with Crippen LogP contribution in [0.1, 0.15) is 13.8 Å². The topological polar surface area (TPSA) is 46.5 Å². The number of hydrogen-bond donors (Lipinski definition) is 1. The van der Waals surface area contributed by atoms with Crippen LogP contribution in [-0.2, 0) is 9.53 Å². The predicted molar refractivity (Wildman–Crippen MR) is 59.6 cm³/mol.